The maximum Gasteiger partial charge on any atom is 0.324 e. The minimum absolute atomic E-state index is 0.0195. The van der Waals surface area contributed by atoms with E-state index in [0.29, 0.717) is 12.8 Å². The van der Waals surface area contributed by atoms with Crippen molar-refractivity contribution in [2.75, 3.05) is 0 Å². The Kier molecular flexibility index (Phi) is 1.25. The highest BCUT2D eigenvalue weighted by atomic mass is 16.4. The summed E-state index contributed by atoms with van der Waals surface area (Å²) < 4.78 is 0. The monoisotopic (exact) mass is 157 g/mol. The molecule has 3 atom stereocenters. The normalized spacial score (nSPS) is 48.1. The van der Waals surface area contributed by atoms with Gasteiger partial charge in [0.1, 0.15) is 5.54 Å². The van der Waals surface area contributed by atoms with Crippen molar-refractivity contribution in [3.8, 4) is 0 Å². The predicted molar refractivity (Wildman–Crippen MR) is 37.1 cm³/mol. The number of hydrogen-bond acceptors (Lipinski definition) is 3. The lowest BCUT2D eigenvalue weighted by Gasteiger charge is -2.21. The molecule has 0 aromatic heterocycles. The maximum absolute atomic E-state index is 10.8. The first-order chi connectivity index (χ1) is 5.14. The lowest BCUT2D eigenvalue weighted by molar-refractivity contribution is -0.144. The van der Waals surface area contributed by atoms with Crippen LogP contribution in [0.25, 0.3) is 0 Å². The quantitative estimate of drug-likeness (QED) is 0.472. The molecule has 0 saturated carbocycles. The first-order valence-corrected chi connectivity index (χ1v) is 3.83. The summed E-state index contributed by atoms with van der Waals surface area (Å²) >= 11 is 0. The lowest BCUT2D eigenvalue weighted by Crippen LogP contribution is -2.44. The highest BCUT2D eigenvalue weighted by Crippen LogP contribution is 2.37. The molecule has 2 aliphatic rings. The van der Waals surface area contributed by atoms with E-state index in [-0.39, 0.29) is 6.04 Å². The van der Waals surface area contributed by atoms with Gasteiger partial charge < -0.3 is 10.2 Å². The first kappa shape index (κ1) is 7.06. The number of carbonyl (C=O) groups is 1. The van der Waals surface area contributed by atoms with E-state index in [4.69, 9.17) is 5.11 Å². The van der Waals surface area contributed by atoms with E-state index in [2.05, 4.69) is 5.32 Å². The lowest BCUT2D eigenvalue weighted by atomic mass is 9.86. The number of fused-ring (bicyclic) bond motifs is 2. The van der Waals surface area contributed by atoms with Crippen molar-refractivity contribution in [1.29, 1.82) is 0 Å². The fourth-order valence-electron chi connectivity index (χ4n) is 2.11. The van der Waals surface area contributed by atoms with Crippen LogP contribution in [0.5, 0.6) is 0 Å². The molecule has 2 bridgehead atoms. The van der Waals surface area contributed by atoms with E-state index < -0.39 is 17.6 Å². The zero-order valence-corrected chi connectivity index (χ0v) is 6.08. The van der Waals surface area contributed by atoms with Crippen LogP contribution in [0.4, 0.5) is 0 Å². The number of aliphatic hydroxyl groups is 1. The molecule has 2 heterocycles. The zero-order chi connectivity index (χ0) is 8.06. The van der Waals surface area contributed by atoms with Gasteiger partial charge in [-0.15, -0.1) is 0 Å². The van der Waals surface area contributed by atoms with Crippen LogP contribution in [-0.2, 0) is 4.79 Å². The standard InChI is InChI=1S/C7H11NO3/c9-5-3-7(6(10)11)2-1-4(5)8-7/h4-5,8-9H,1-3H2,(H,10,11)/t4-,5-,7+/m0/s1. The van der Waals surface area contributed by atoms with E-state index >= 15 is 0 Å². The van der Waals surface area contributed by atoms with Gasteiger partial charge in [0.15, 0.2) is 0 Å². The summed E-state index contributed by atoms with van der Waals surface area (Å²) in [5.74, 6) is -0.823. The Labute approximate surface area is 64.2 Å². The number of nitrogens with one attached hydrogen (secondary N) is 1. The van der Waals surface area contributed by atoms with E-state index in [1.165, 1.54) is 0 Å². The van der Waals surface area contributed by atoms with E-state index in [0.717, 1.165) is 6.42 Å². The van der Waals surface area contributed by atoms with Crippen molar-refractivity contribution in [3.05, 3.63) is 0 Å². The molecule has 4 heteroatoms. The molecule has 0 unspecified atom stereocenters. The molecule has 3 N–H and O–H groups in total. The van der Waals surface area contributed by atoms with Crippen LogP contribution >= 0.6 is 0 Å². The van der Waals surface area contributed by atoms with Gasteiger partial charge in [-0.05, 0) is 12.8 Å². The van der Waals surface area contributed by atoms with Gasteiger partial charge in [0.25, 0.3) is 0 Å². The molecule has 0 aromatic rings. The Morgan fingerprint density at radius 1 is 1.64 bits per heavy atom. The molecule has 0 spiro atoms. The Bertz CT molecular complexity index is 202. The second-order valence-corrected chi connectivity index (χ2v) is 3.45. The minimum Gasteiger partial charge on any atom is -0.480 e. The summed E-state index contributed by atoms with van der Waals surface area (Å²) in [5, 5.41) is 21.1. The third-order valence-corrected chi connectivity index (χ3v) is 2.78. The summed E-state index contributed by atoms with van der Waals surface area (Å²) in [6.07, 6.45) is 1.35. The molecule has 4 nitrogen and oxygen atoms in total. The Balaban J connectivity index is 2.23. The minimum atomic E-state index is -0.823. The smallest absolute Gasteiger partial charge is 0.324 e. The van der Waals surface area contributed by atoms with Crippen LogP contribution in [0.3, 0.4) is 0 Å². The van der Waals surface area contributed by atoms with Gasteiger partial charge in [-0.2, -0.15) is 0 Å². The Morgan fingerprint density at radius 2 is 2.36 bits per heavy atom. The Morgan fingerprint density at radius 3 is 2.64 bits per heavy atom. The van der Waals surface area contributed by atoms with E-state index in [9.17, 15) is 9.90 Å². The molecule has 2 aliphatic heterocycles. The van der Waals surface area contributed by atoms with Crippen molar-refractivity contribution in [2.24, 2.45) is 0 Å². The van der Waals surface area contributed by atoms with Gasteiger partial charge >= 0.3 is 5.97 Å². The van der Waals surface area contributed by atoms with Gasteiger partial charge in [0.2, 0.25) is 0 Å². The van der Waals surface area contributed by atoms with Crippen LogP contribution in [0, 0.1) is 0 Å². The second-order valence-electron chi connectivity index (χ2n) is 3.45. The summed E-state index contributed by atoms with van der Waals surface area (Å²) in [6.45, 7) is 0. The average molecular weight is 157 g/mol. The third-order valence-electron chi connectivity index (χ3n) is 2.78. The van der Waals surface area contributed by atoms with Crippen molar-refractivity contribution in [1.82, 2.24) is 5.32 Å². The van der Waals surface area contributed by atoms with Gasteiger partial charge in [0, 0.05) is 12.5 Å². The van der Waals surface area contributed by atoms with Crippen LogP contribution in [-0.4, -0.2) is 33.9 Å². The number of carboxylic acids is 1. The van der Waals surface area contributed by atoms with Crippen molar-refractivity contribution in [2.45, 2.75) is 36.9 Å². The van der Waals surface area contributed by atoms with E-state index in [1.54, 1.807) is 0 Å². The zero-order valence-electron chi connectivity index (χ0n) is 6.08. The second kappa shape index (κ2) is 1.95. The molecule has 0 aliphatic carbocycles. The number of aliphatic carboxylic acids is 1. The van der Waals surface area contributed by atoms with Crippen molar-refractivity contribution >= 4 is 5.97 Å². The molecule has 62 valence electrons. The fraction of sp³-hybridized carbons (Fsp3) is 0.857. The first-order valence-electron chi connectivity index (χ1n) is 3.83. The molecule has 2 rings (SSSR count). The summed E-state index contributed by atoms with van der Waals surface area (Å²) in [6, 6.07) is 0.0195. The molecule has 0 radical (unpaired) electrons. The number of carboxylic acid groups (broad SMARTS) is 1. The molecule has 0 aromatic carbocycles. The number of rotatable bonds is 1. The topological polar surface area (TPSA) is 69.6 Å². The van der Waals surface area contributed by atoms with Crippen LogP contribution in [0.15, 0.2) is 0 Å². The van der Waals surface area contributed by atoms with Crippen LogP contribution in [0.2, 0.25) is 0 Å². The highest BCUT2D eigenvalue weighted by molar-refractivity contribution is 5.80. The highest BCUT2D eigenvalue weighted by Gasteiger charge is 2.54. The van der Waals surface area contributed by atoms with Crippen LogP contribution in [0.1, 0.15) is 19.3 Å². The summed E-state index contributed by atoms with van der Waals surface area (Å²) in [5.41, 5.74) is -0.802. The molecule has 2 saturated heterocycles. The fourth-order valence-corrected chi connectivity index (χ4v) is 2.11. The molecule has 11 heavy (non-hydrogen) atoms. The molecular formula is C7H11NO3. The maximum atomic E-state index is 10.8. The molecule has 2 fully saturated rings. The van der Waals surface area contributed by atoms with Crippen LogP contribution < -0.4 is 5.32 Å². The average Bonchev–Trinajstić information content (AvgIpc) is 2.44. The van der Waals surface area contributed by atoms with Crippen molar-refractivity contribution in [3.63, 3.8) is 0 Å². The van der Waals surface area contributed by atoms with Gasteiger partial charge in [-0.1, -0.05) is 0 Å². The number of aliphatic hydroxyl groups excluding tert-OH is 1. The van der Waals surface area contributed by atoms with Crippen molar-refractivity contribution < 1.29 is 15.0 Å². The Hall–Kier alpha value is -0.610. The van der Waals surface area contributed by atoms with Gasteiger partial charge in [-0.3, -0.25) is 10.1 Å². The summed E-state index contributed by atoms with van der Waals surface area (Å²) in [4.78, 5) is 10.8. The predicted octanol–water partition coefficient (Wildman–Crippen LogP) is -0.674. The third kappa shape index (κ3) is 0.795. The number of hydrogen-bond donors (Lipinski definition) is 3. The largest absolute Gasteiger partial charge is 0.480 e. The molecular weight excluding hydrogens is 146 g/mol. The van der Waals surface area contributed by atoms with Gasteiger partial charge in [-0.25, -0.2) is 0 Å². The van der Waals surface area contributed by atoms with E-state index in [1.807, 2.05) is 0 Å². The molecule has 0 amide bonds. The SMILES string of the molecule is O=C(O)[C@]12CC[C@H](N1)[C@@H](O)C2. The van der Waals surface area contributed by atoms with Gasteiger partial charge in [0.05, 0.1) is 6.10 Å². The summed E-state index contributed by atoms with van der Waals surface area (Å²) in [7, 11) is 0.